The Balaban J connectivity index is 1.65. The number of fused-ring (bicyclic) bond motifs is 1. The maximum absolute atomic E-state index is 12.6. The number of nitrogens with zero attached hydrogens (tertiary/aromatic N) is 1. The second-order valence-electron chi connectivity index (χ2n) is 6.77. The van der Waals surface area contributed by atoms with Gasteiger partial charge in [-0.05, 0) is 44.2 Å². The van der Waals surface area contributed by atoms with Crippen LogP contribution in [0.2, 0.25) is 0 Å². The normalized spacial score (nSPS) is 22.0. The molecule has 1 N–H and O–H groups in total. The number of amides is 1. The van der Waals surface area contributed by atoms with Crippen LogP contribution in [-0.4, -0.2) is 29.7 Å². The highest BCUT2D eigenvalue weighted by atomic mass is 16.5. The van der Waals surface area contributed by atoms with E-state index in [0.717, 1.165) is 37.6 Å². The summed E-state index contributed by atoms with van der Waals surface area (Å²) in [6.45, 7) is 2.44. The minimum absolute atomic E-state index is 0.0401. The highest BCUT2D eigenvalue weighted by Crippen LogP contribution is 2.26. The molecule has 1 aliphatic carbocycles. The number of rotatable bonds is 6. The zero-order valence-corrected chi connectivity index (χ0v) is 14.9. The number of carbonyl (C=O) groups is 1. The Morgan fingerprint density at radius 3 is 2.72 bits per heavy atom. The lowest BCUT2D eigenvalue weighted by atomic mass is 9.86. The van der Waals surface area contributed by atoms with Gasteiger partial charge < -0.3 is 14.5 Å². The molecule has 2 aromatic rings. The van der Waals surface area contributed by atoms with E-state index in [-0.39, 0.29) is 29.7 Å². The number of ether oxygens (including phenoxy) is 1. The molecule has 1 aromatic heterocycles. The summed E-state index contributed by atoms with van der Waals surface area (Å²) in [4.78, 5) is 24.7. The van der Waals surface area contributed by atoms with Gasteiger partial charge in [-0.1, -0.05) is 19.1 Å². The van der Waals surface area contributed by atoms with Gasteiger partial charge in [0.25, 0.3) is 0 Å². The van der Waals surface area contributed by atoms with Crippen LogP contribution in [0.5, 0.6) is 0 Å². The van der Waals surface area contributed by atoms with Crippen LogP contribution in [0.25, 0.3) is 11.1 Å². The predicted octanol–water partition coefficient (Wildman–Crippen LogP) is 2.69. The standard InChI is InChI=1S/C19H26N2O4/c1-3-14(20-18(22)13-8-10-15(24-2)11-9-13)12-21-16-6-4-5-7-17(16)25-19(21)23/h4-7,13-15H,3,8-12H2,1-2H3,(H,20,22)/t13?,14-,15?/m1/s1. The molecule has 1 fully saturated rings. The Hall–Kier alpha value is -2.08. The van der Waals surface area contributed by atoms with Gasteiger partial charge in [0.05, 0.1) is 11.6 Å². The van der Waals surface area contributed by atoms with Gasteiger partial charge in [0.1, 0.15) is 0 Å². The monoisotopic (exact) mass is 346 g/mol. The lowest BCUT2D eigenvalue weighted by molar-refractivity contribution is -0.127. The summed E-state index contributed by atoms with van der Waals surface area (Å²) in [7, 11) is 1.73. The van der Waals surface area contributed by atoms with Crippen LogP contribution in [0.1, 0.15) is 39.0 Å². The van der Waals surface area contributed by atoms with Crippen LogP contribution < -0.4 is 11.1 Å². The van der Waals surface area contributed by atoms with Gasteiger partial charge in [-0.15, -0.1) is 0 Å². The predicted molar refractivity (Wildman–Crippen MR) is 95.5 cm³/mol. The van der Waals surface area contributed by atoms with Gasteiger partial charge in [0, 0.05) is 25.6 Å². The first-order valence-electron chi connectivity index (χ1n) is 9.04. The summed E-state index contributed by atoms with van der Waals surface area (Å²) in [6, 6.07) is 7.26. The van der Waals surface area contributed by atoms with Crippen LogP contribution in [0, 0.1) is 5.92 Å². The number of oxazole rings is 1. The summed E-state index contributed by atoms with van der Waals surface area (Å²) in [5.74, 6) is -0.255. The maximum atomic E-state index is 12.6. The molecule has 6 heteroatoms. The molecule has 0 bridgehead atoms. The Bertz CT molecular complexity index is 771. The first-order chi connectivity index (χ1) is 12.1. The molecule has 25 heavy (non-hydrogen) atoms. The van der Waals surface area contributed by atoms with E-state index in [2.05, 4.69) is 5.32 Å². The fourth-order valence-electron chi connectivity index (χ4n) is 3.56. The van der Waals surface area contributed by atoms with Crippen molar-refractivity contribution in [2.75, 3.05) is 7.11 Å². The van der Waals surface area contributed by atoms with Crippen LogP contribution in [0.4, 0.5) is 0 Å². The first-order valence-corrected chi connectivity index (χ1v) is 9.04. The Morgan fingerprint density at radius 2 is 2.04 bits per heavy atom. The van der Waals surface area contributed by atoms with E-state index >= 15 is 0 Å². The molecule has 1 heterocycles. The third kappa shape index (κ3) is 3.95. The van der Waals surface area contributed by atoms with Crippen molar-refractivity contribution >= 4 is 17.0 Å². The molecule has 1 atom stereocenters. The van der Waals surface area contributed by atoms with Gasteiger partial charge in [0.15, 0.2) is 5.58 Å². The average Bonchev–Trinajstić information content (AvgIpc) is 2.96. The third-order valence-electron chi connectivity index (χ3n) is 5.19. The molecule has 0 saturated heterocycles. The molecule has 6 nitrogen and oxygen atoms in total. The highest BCUT2D eigenvalue weighted by molar-refractivity contribution is 5.79. The lowest BCUT2D eigenvalue weighted by Crippen LogP contribution is -2.43. The minimum atomic E-state index is -0.380. The molecule has 0 spiro atoms. The van der Waals surface area contributed by atoms with Gasteiger partial charge >= 0.3 is 5.76 Å². The molecule has 3 rings (SSSR count). The van der Waals surface area contributed by atoms with E-state index < -0.39 is 0 Å². The lowest BCUT2D eigenvalue weighted by Gasteiger charge is -2.28. The second-order valence-corrected chi connectivity index (χ2v) is 6.77. The Kier molecular flexibility index (Phi) is 5.58. The van der Waals surface area contributed by atoms with E-state index in [4.69, 9.17) is 9.15 Å². The van der Waals surface area contributed by atoms with E-state index in [1.54, 1.807) is 17.7 Å². The van der Waals surface area contributed by atoms with E-state index in [0.29, 0.717) is 12.1 Å². The van der Waals surface area contributed by atoms with Crippen LogP contribution in [-0.2, 0) is 16.1 Å². The van der Waals surface area contributed by atoms with E-state index in [1.165, 1.54) is 0 Å². The van der Waals surface area contributed by atoms with Crippen molar-refractivity contribution in [2.24, 2.45) is 5.92 Å². The molecule has 0 aliphatic heterocycles. The summed E-state index contributed by atoms with van der Waals surface area (Å²) in [5.41, 5.74) is 1.34. The van der Waals surface area contributed by atoms with E-state index in [9.17, 15) is 9.59 Å². The second kappa shape index (κ2) is 7.87. The Morgan fingerprint density at radius 1 is 1.32 bits per heavy atom. The molecular formula is C19H26N2O4. The summed E-state index contributed by atoms with van der Waals surface area (Å²) in [6.07, 6.45) is 4.60. The van der Waals surface area contributed by atoms with Crippen molar-refractivity contribution < 1.29 is 13.9 Å². The fourth-order valence-corrected chi connectivity index (χ4v) is 3.56. The van der Waals surface area contributed by atoms with Gasteiger partial charge in [-0.25, -0.2) is 4.79 Å². The topological polar surface area (TPSA) is 73.5 Å². The number of nitrogens with one attached hydrogen (secondary N) is 1. The van der Waals surface area contributed by atoms with Crippen molar-refractivity contribution in [1.29, 1.82) is 0 Å². The fraction of sp³-hybridized carbons (Fsp3) is 0.579. The molecule has 0 unspecified atom stereocenters. The zero-order valence-electron chi connectivity index (χ0n) is 14.9. The number of hydrogen-bond donors (Lipinski definition) is 1. The van der Waals surface area contributed by atoms with Gasteiger partial charge in [0.2, 0.25) is 5.91 Å². The van der Waals surface area contributed by atoms with Crippen molar-refractivity contribution in [2.45, 2.75) is 57.7 Å². The number of carbonyl (C=O) groups excluding carboxylic acids is 1. The maximum Gasteiger partial charge on any atom is 0.420 e. The number of benzene rings is 1. The van der Waals surface area contributed by atoms with Crippen molar-refractivity contribution in [1.82, 2.24) is 9.88 Å². The molecule has 1 aliphatic rings. The summed E-state index contributed by atoms with van der Waals surface area (Å²) in [5, 5.41) is 3.12. The molecule has 1 saturated carbocycles. The van der Waals surface area contributed by atoms with E-state index in [1.807, 2.05) is 25.1 Å². The average molecular weight is 346 g/mol. The number of hydrogen-bond acceptors (Lipinski definition) is 4. The van der Waals surface area contributed by atoms with Crippen LogP contribution in [0.15, 0.2) is 33.5 Å². The van der Waals surface area contributed by atoms with Crippen molar-refractivity contribution in [3.8, 4) is 0 Å². The van der Waals surface area contributed by atoms with Gasteiger partial charge in [-0.2, -0.15) is 0 Å². The molecule has 1 amide bonds. The molecule has 1 aromatic carbocycles. The smallest absolute Gasteiger partial charge is 0.408 e. The van der Waals surface area contributed by atoms with Gasteiger partial charge in [-0.3, -0.25) is 9.36 Å². The quantitative estimate of drug-likeness (QED) is 0.873. The molecule has 0 radical (unpaired) electrons. The van der Waals surface area contributed by atoms with Crippen LogP contribution >= 0.6 is 0 Å². The number of methoxy groups -OCH3 is 1. The largest absolute Gasteiger partial charge is 0.420 e. The minimum Gasteiger partial charge on any atom is -0.408 e. The highest BCUT2D eigenvalue weighted by Gasteiger charge is 2.27. The molecular weight excluding hydrogens is 320 g/mol. The van der Waals surface area contributed by atoms with Crippen molar-refractivity contribution in [3.63, 3.8) is 0 Å². The Labute approximate surface area is 147 Å². The molecule has 136 valence electrons. The first kappa shape index (κ1) is 17.7. The SMILES string of the molecule is CC[C@H](Cn1c(=O)oc2ccccc21)NC(=O)C1CCC(OC)CC1. The zero-order chi connectivity index (χ0) is 17.8. The number of para-hydroxylation sites is 2. The number of aromatic nitrogens is 1. The summed E-state index contributed by atoms with van der Waals surface area (Å²) >= 11 is 0. The third-order valence-corrected chi connectivity index (χ3v) is 5.19. The van der Waals surface area contributed by atoms with Crippen molar-refractivity contribution in [3.05, 3.63) is 34.8 Å². The van der Waals surface area contributed by atoms with Crippen LogP contribution in [0.3, 0.4) is 0 Å². The summed E-state index contributed by atoms with van der Waals surface area (Å²) < 4.78 is 12.2.